The number of benzene rings is 1. The molecular weight excluding hydrogens is 380 g/mol. The average Bonchev–Trinajstić information content (AvgIpc) is 2.59. The first kappa shape index (κ1) is 20.2. The molecule has 11 heteroatoms. The minimum absolute atomic E-state index is 0.0365. The molecule has 1 amide bonds. The number of ether oxygens (including phenoxy) is 1. The molecule has 5 nitrogen and oxygen atoms in total. The second-order valence-electron chi connectivity index (χ2n) is 5.19. The molecule has 2 N–H and O–H groups in total. The zero-order valence-electron chi connectivity index (χ0n) is 13.3. The molecular formula is C16H11F6N3O2. The van der Waals surface area contributed by atoms with Gasteiger partial charge in [-0.25, -0.2) is 4.98 Å². The van der Waals surface area contributed by atoms with E-state index in [0.717, 1.165) is 42.6 Å². The molecule has 2 rings (SSSR count). The fourth-order valence-electron chi connectivity index (χ4n) is 1.84. The van der Waals surface area contributed by atoms with E-state index in [1.54, 1.807) is 0 Å². The predicted molar refractivity (Wildman–Crippen MR) is 81.5 cm³/mol. The number of nitrogens with one attached hydrogen (secondary N) is 2. The predicted octanol–water partition coefficient (Wildman–Crippen LogP) is 3.80. The molecule has 0 aliphatic rings. The number of hydrogen-bond donors (Lipinski definition) is 2. The van der Waals surface area contributed by atoms with Crippen LogP contribution in [0.25, 0.3) is 0 Å². The van der Waals surface area contributed by atoms with Crippen molar-refractivity contribution < 1.29 is 35.9 Å². The number of alkyl halides is 6. The lowest BCUT2D eigenvalue weighted by atomic mass is 10.1. The van der Waals surface area contributed by atoms with Crippen LogP contribution in [0.2, 0.25) is 0 Å². The Kier molecular flexibility index (Phi) is 5.72. The molecule has 0 aliphatic carbocycles. The monoisotopic (exact) mass is 391 g/mol. The van der Waals surface area contributed by atoms with Gasteiger partial charge in [-0.05, 0) is 18.2 Å². The highest BCUT2D eigenvalue weighted by molar-refractivity contribution is 6.11. The third-order valence-corrected chi connectivity index (χ3v) is 3.12. The van der Waals surface area contributed by atoms with E-state index in [1.807, 2.05) is 0 Å². The summed E-state index contributed by atoms with van der Waals surface area (Å²) in [6.07, 6.45) is -8.11. The molecule has 0 saturated heterocycles. The maximum Gasteiger partial charge on any atom is 0.422 e. The molecule has 1 aromatic heterocycles. The van der Waals surface area contributed by atoms with Crippen molar-refractivity contribution in [3.8, 4) is 5.88 Å². The molecule has 0 unspecified atom stereocenters. The van der Waals surface area contributed by atoms with Crippen LogP contribution in [0.15, 0.2) is 42.6 Å². The lowest BCUT2D eigenvalue weighted by Gasteiger charge is -2.10. The Morgan fingerprint density at radius 3 is 2.07 bits per heavy atom. The van der Waals surface area contributed by atoms with Crippen molar-refractivity contribution in [2.45, 2.75) is 12.4 Å². The first-order chi connectivity index (χ1) is 12.5. The highest BCUT2D eigenvalue weighted by Gasteiger charge is 2.30. The second-order valence-corrected chi connectivity index (χ2v) is 5.19. The van der Waals surface area contributed by atoms with E-state index in [1.165, 1.54) is 0 Å². The fourth-order valence-corrected chi connectivity index (χ4v) is 1.84. The number of carbonyl (C=O) groups excluding carboxylic acids is 1. The third-order valence-electron chi connectivity index (χ3n) is 3.12. The summed E-state index contributed by atoms with van der Waals surface area (Å²) >= 11 is 0. The zero-order chi connectivity index (χ0) is 20.2. The Bertz CT molecular complexity index is 814. The Balaban J connectivity index is 1.99. The molecule has 2 aromatic rings. The van der Waals surface area contributed by atoms with Crippen molar-refractivity contribution in [3.63, 3.8) is 0 Å². The standard InChI is InChI=1S/C16H11F6N3O2/c17-15(18,19)8-27-12-6-3-10(7-24-12)14(26)25-13(23)9-1-4-11(5-2-9)16(20,21)22/h1-7H,8H2,(H2,23,25,26). The average molecular weight is 391 g/mol. The van der Waals surface area contributed by atoms with Gasteiger partial charge in [0.25, 0.3) is 5.91 Å². The van der Waals surface area contributed by atoms with Gasteiger partial charge in [0.15, 0.2) is 6.61 Å². The van der Waals surface area contributed by atoms with E-state index in [-0.39, 0.29) is 17.0 Å². The van der Waals surface area contributed by atoms with Crippen molar-refractivity contribution >= 4 is 11.7 Å². The van der Waals surface area contributed by atoms with Crippen LogP contribution in [0.4, 0.5) is 26.3 Å². The van der Waals surface area contributed by atoms with Crippen molar-refractivity contribution in [2.24, 2.45) is 0 Å². The van der Waals surface area contributed by atoms with Gasteiger partial charge >= 0.3 is 12.4 Å². The number of nitrogens with zero attached hydrogens (tertiary/aromatic N) is 1. The topological polar surface area (TPSA) is 75.1 Å². The maximum atomic E-state index is 12.5. The van der Waals surface area contributed by atoms with E-state index in [2.05, 4.69) is 15.0 Å². The number of aromatic nitrogens is 1. The third kappa shape index (κ3) is 5.97. The van der Waals surface area contributed by atoms with Crippen molar-refractivity contribution in [2.75, 3.05) is 6.61 Å². The van der Waals surface area contributed by atoms with Gasteiger partial charge in [-0.1, -0.05) is 12.1 Å². The van der Waals surface area contributed by atoms with Crippen LogP contribution in [-0.2, 0) is 6.18 Å². The molecule has 27 heavy (non-hydrogen) atoms. The lowest BCUT2D eigenvalue weighted by Crippen LogP contribution is -2.30. The number of hydrogen-bond acceptors (Lipinski definition) is 4. The Morgan fingerprint density at radius 1 is 1.00 bits per heavy atom. The second kappa shape index (κ2) is 7.64. The summed E-state index contributed by atoms with van der Waals surface area (Å²) in [5.74, 6) is -1.61. The first-order valence-corrected chi connectivity index (χ1v) is 7.19. The van der Waals surface area contributed by atoms with Crippen LogP contribution in [-0.4, -0.2) is 29.5 Å². The molecule has 0 spiro atoms. The number of amidine groups is 1. The van der Waals surface area contributed by atoms with Crippen LogP contribution >= 0.6 is 0 Å². The molecule has 0 atom stereocenters. The summed E-state index contributed by atoms with van der Waals surface area (Å²) in [4.78, 5) is 15.5. The van der Waals surface area contributed by atoms with E-state index >= 15 is 0 Å². The molecule has 0 fully saturated rings. The fraction of sp³-hybridized carbons (Fsp3) is 0.188. The zero-order valence-corrected chi connectivity index (χ0v) is 13.3. The quantitative estimate of drug-likeness (QED) is 0.473. The normalized spacial score (nSPS) is 11.8. The van der Waals surface area contributed by atoms with Crippen LogP contribution in [0.3, 0.4) is 0 Å². The van der Waals surface area contributed by atoms with Gasteiger partial charge in [0, 0.05) is 17.8 Å². The van der Waals surface area contributed by atoms with Gasteiger partial charge in [-0.15, -0.1) is 0 Å². The van der Waals surface area contributed by atoms with Gasteiger partial charge in [-0.3, -0.25) is 10.2 Å². The summed E-state index contributed by atoms with van der Waals surface area (Å²) in [5, 5.41) is 9.88. The largest absolute Gasteiger partial charge is 0.468 e. The van der Waals surface area contributed by atoms with Gasteiger partial charge in [0.05, 0.1) is 11.1 Å². The van der Waals surface area contributed by atoms with E-state index in [4.69, 9.17) is 5.41 Å². The molecule has 0 saturated carbocycles. The number of pyridine rings is 1. The molecule has 0 bridgehead atoms. The van der Waals surface area contributed by atoms with Gasteiger partial charge in [0.2, 0.25) is 5.88 Å². The number of rotatable bonds is 4. The first-order valence-electron chi connectivity index (χ1n) is 7.19. The minimum atomic E-state index is -4.53. The number of amides is 1. The van der Waals surface area contributed by atoms with Gasteiger partial charge < -0.3 is 10.1 Å². The van der Waals surface area contributed by atoms with Crippen molar-refractivity contribution in [1.82, 2.24) is 10.3 Å². The molecule has 144 valence electrons. The smallest absolute Gasteiger partial charge is 0.422 e. The molecule has 0 aliphatic heterocycles. The highest BCUT2D eigenvalue weighted by Crippen LogP contribution is 2.29. The van der Waals surface area contributed by atoms with Crippen LogP contribution in [0, 0.1) is 5.41 Å². The highest BCUT2D eigenvalue weighted by atomic mass is 19.4. The van der Waals surface area contributed by atoms with E-state index in [0.29, 0.717) is 0 Å². The number of halogens is 6. The van der Waals surface area contributed by atoms with Crippen LogP contribution < -0.4 is 10.1 Å². The molecule has 1 aromatic carbocycles. The van der Waals surface area contributed by atoms with Gasteiger partial charge in [0.1, 0.15) is 5.84 Å². The van der Waals surface area contributed by atoms with Gasteiger partial charge in [-0.2, -0.15) is 26.3 Å². The summed E-state index contributed by atoms with van der Waals surface area (Å²) in [6.45, 7) is -1.54. The van der Waals surface area contributed by atoms with E-state index in [9.17, 15) is 31.1 Å². The Hall–Kier alpha value is -3.11. The molecule has 0 radical (unpaired) electrons. The molecule has 1 heterocycles. The van der Waals surface area contributed by atoms with Crippen molar-refractivity contribution in [3.05, 3.63) is 59.3 Å². The van der Waals surface area contributed by atoms with Crippen LogP contribution in [0.5, 0.6) is 5.88 Å². The summed E-state index contributed by atoms with van der Waals surface area (Å²) < 4.78 is 78.0. The number of carbonyl (C=O) groups is 1. The summed E-state index contributed by atoms with van der Waals surface area (Å²) in [6, 6.07) is 5.76. The van der Waals surface area contributed by atoms with Crippen LogP contribution in [0.1, 0.15) is 21.5 Å². The summed E-state index contributed by atoms with van der Waals surface area (Å²) in [5.41, 5.74) is -0.940. The Morgan fingerprint density at radius 2 is 1.59 bits per heavy atom. The van der Waals surface area contributed by atoms with Crippen molar-refractivity contribution in [1.29, 1.82) is 5.41 Å². The maximum absolute atomic E-state index is 12.5. The lowest BCUT2D eigenvalue weighted by molar-refractivity contribution is -0.154. The Labute approximate surface area is 148 Å². The SMILES string of the molecule is N=C(NC(=O)c1ccc(OCC(F)(F)F)nc1)c1ccc(C(F)(F)F)cc1. The van der Waals surface area contributed by atoms with E-state index < -0.39 is 36.3 Å². The minimum Gasteiger partial charge on any atom is -0.468 e. The summed E-state index contributed by atoms with van der Waals surface area (Å²) in [7, 11) is 0.